The predicted octanol–water partition coefficient (Wildman–Crippen LogP) is 3.21. The lowest BCUT2D eigenvalue weighted by molar-refractivity contribution is -0.119. The van der Waals surface area contributed by atoms with E-state index >= 15 is 0 Å². The Morgan fingerprint density at radius 3 is 2.62 bits per heavy atom. The minimum Gasteiger partial charge on any atom is -0.495 e. The highest BCUT2D eigenvalue weighted by atomic mass is 16.5. The molecule has 3 fully saturated rings. The van der Waals surface area contributed by atoms with Crippen LogP contribution in [0.3, 0.4) is 0 Å². The molecule has 0 unspecified atom stereocenters. The Hall–Kier alpha value is -2.28. The van der Waals surface area contributed by atoms with Crippen LogP contribution >= 0.6 is 0 Å². The van der Waals surface area contributed by atoms with Crippen LogP contribution in [0.5, 0.6) is 5.75 Å². The molecule has 0 aromatic heterocycles. The van der Waals surface area contributed by atoms with Gasteiger partial charge in [-0.1, -0.05) is 0 Å². The smallest absolute Gasteiger partial charge is 0.319 e. The summed E-state index contributed by atoms with van der Waals surface area (Å²) in [6.45, 7) is 4.03. The highest BCUT2D eigenvalue weighted by Gasteiger charge is 2.28. The number of urea groups is 1. The van der Waals surface area contributed by atoms with E-state index < -0.39 is 0 Å². The first-order valence-electron chi connectivity index (χ1n) is 10.9. The third-order valence-corrected chi connectivity index (χ3v) is 6.19. The third-order valence-electron chi connectivity index (χ3n) is 6.19. The molecule has 3 aliphatic rings. The fraction of sp³-hybridized carbons (Fsp3) is 0.636. The van der Waals surface area contributed by atoms with Gasteiger partial charge in [-0.05, 0) is 62.6 Å². The van der Waals surface area contributed by atoms with E-state index in [4.69, 9.17) is 4.74 Å². The summed E-state index contributed by atoms with van der Waals surface area (Å²) in [6.07, 6.45) is 7.22. The summed E-state index contributed by atoms with van der Waals surface area (Å²) in [5.74, 6) is 1.67. The minimum absolute atomic E-state index is 0.106. The van der Waals surface area contributed by atoms with E-state index in [1.54, 1.807) is 12.0 Å². The molecule has 0 radical (unpaired) electrons. The molecular formula is C22H32N4O3. The number of benzene rings is 1. The highest BCUT2D eigenvalue weighted by molar-refractivity contribution is 5.97. The van der Waals surface area contributed by atoms with E-state index in [0.29, 0.717) is 24.4 Å². The first-order chi connectivity index (χ1) is 14.1. The standard InChI is InChI=1S/C22H32N4O3/c1-29-20-8-7-18(14-19(20)26-11-3-2-4-21(26)27)24-22(28)23-17-9-12-25(13-10-17)15-16-5-6-16/h7-8,14,16-17H,2-6,9-13,15H2,1H3,(H2,23,24,28). The summed E-state index contributed by atoms with van der Waals surface area (Å²) >= 11 is 0. The summed E-state index contributed by atoms with van der Waals surface area (Å²) in [5.41, 5.74) is 1.39. The predicted molar refractivity (Wildman–Crippen MR) is 114 cm³/mol. The molecule has 158 valence electrons. The molecule has 1 saturated carbocycles. The van der Waals surface area contributed by atoms with Crippen LogP contribution < -0.4 is 20.3 Å². The Balaban J connectivity index is 1.33. The van der Waals surface area contributed by atoms with E-state index in [9.17, 15) is 9.59 Å². The monoisotopic (exact) mass is 400 g/mol. The number of hydrogen-bond acceptors (Lipinski definition) is 4. The van der Waals surface area contributed by atoms with Crippen molar-refractivity contribution < 1.29 is 14.3 Å². The van der Waals surface area contributed by atoms with E-state index in [1.807, 2.05) is 18.2 Å². The Kier molecular flexibility index (Phi) is 6.23. The Morgan fingerprint density at radius 2 is 1.93 bits per heavy atom. The second-order valence-corrected chi connectivity index (χ2v) is 8.51. The topological polar surface area (TPSA) is 73.9 Å². The molecule has 7 heteroatoms. The van der Waals surface area contributed by atoms with E-state index in [1.165, 1.54) is 19.4 Å². The Morgan fingerprint density at radius 1 is 1.14 bits per heavy atom. The van der Waals surface area contributed by atoms with Gasteiger partial charge in [0.15, 0.2) is 0 Å². The minimum atomic E-state index is -0.188. The SMILES string of the molecule is COc1ccc(NC(=O)NC2CCN(CC3CC3)CC2)cc1N1CCCCC1=O. The molecule has 2 saturated heterocycles. The normalized spacial score (nSPS) is 21.1. The van der Waals surface area contributed by atoms with Crippen LogP contribution in [0.2, 0.25) is 0 Å². The van der Waals surface area contributed by atoms with E-state index in [2.05, 4.69) is 15.5 Å². The first kappa shape index (κ1) is 20.0. The third kappa shape index (κ3) is 5.21. The molecule has 0 bridgehead atoms. The number of rotatable bonds is 6. The lowest BCUT2D eigenvalue weighted by Crippen LogP contribution is -2.46. The van der Waals surface area contributed by atoms with Crippen LogP contribution in [0.15, 0.2) is 18.2 Å². The van der Waals surface area contributed by atoms with Crippen LogP contribution in [-0.2, 0) is 4.79 Å². The van der Waals surface area contributed by atoms with Gasteiger partial charge in [0.1, 0.15) is 5.75 Å². The molecule has 3 amide bonds. The van der Waals surface area contributed by atoms with Crippen molar-refractivity contribution in [3.63, 3.8) is 0 Å². The molecule has 0 atom stereocenters. The van der Waals surface area contributed by atoms with Crippen molar-refractivity contribution in [1.82, 2.24) is 10.2 Å². The molecule has 2 aliphatic heterocycles. The van der Waals surface area contributed by atoms with Crippen LogP contribution in [0.4, 0.5) is 16.2 Å². The number of nitrogens with zero attached hydrogens (tertiary/aromatic N) is 2. The van der Waals surface area contributed by atoms with Crippen molar-refractivity contribution >= 4 is 23.3 Å². The van der Waals surface area contributed by atoms with Gasteiger partial charge < -0.3 is 25.2 Å². The molecule has 1 aliphatic carbocycles. The largest absolute Gasteiger partial charge is 0.495 e. The van der Waals surface area contributed by atoms with Gasteiger partial charge in [-0.2, -0.15) is 0 Å². The maximum Gasteiger partial charge on any atom is 0.319 e. The number of likely N-dealkylation sites (tertiary alicyclic amines) is 1. The number of ether oxygens (including phenoxy) is 1. The van der Waals surface area contributed by atoms with Crippen LogP contribution in [0.1, 0.15) is 44.9 Å². The number of hydrogen-bond donors (Lipinski definition) is 2. The second kappa shape index (κ2) is 9.03. The molecule has 2 heterocycles. The van der Waals surface area contributed by atoms with Crippen molar-refractivity contribution in [1.29, 1.82) is 0 Å². The van der Waals surface area contributed by atoms with Crippen molar-refractivity contribution in [2.75, 3.05) is 43.5 Å². The highest BCUT2D eigenvalue weighted by Crippen LogP contribution is 2.34. The van der Waals surface area contributed by atoms with Gasteiger partial charge in [0, 0.05) is 44.3 Å². The molecule has 0 spiro atoms. The zero-order chi connectivity index (χ0) is 20.2. The van der Waals surface area contributed by atoms with Crippen molar-refractivity contribution in [2.24, 2.45) is 5.92 Å². The first-order valence-corrected chi connectivity index (χ1v) is 10.9. The Labute approximate surface area is 172 Å². The zero-order valence-corrected chi connectivity index (χ0v) is 17.3. The number of piperidine rings is 2. The van der Waals surface area contributed by atoms with Gasteiger partial charge in [0.05, 0.1) is 12.8 Å². The molecule has 1 aromatic carbocycles. The Bertz CT molecular complexity index is 742. The number of nitrogens with one attached hydrogen (secondary N) is 2. The van der Waals surface area contributed by atoms with Crippen LogP contribution in [0, 0.1) is 5.92 Å². The van der Waals surface area contributed by atoms with Crippen molar-refractivity contribution in [2.45, 2.75) is 51.0 Å². The fourth-order valence-corrected chi connectivity index (χ4v) is 4.32. The van der Waals surface area contributed by atoms with Gasteiger partial charge in [-0.3, -0.25) is 4.79 Å². The summed E-state index contributed by atoms with van der Waals surface area (Å²) in [5, 5.41) is 6.04. The number of methoxy groups -OCH3 is 1. The van der Waals surface area contributed by atoms with E-state index in [-0.39, 0.29) is 18.0 Å². The summed E-state index contributed by atoms with van der Waals surface area (Å²) in [7, 11) is 1.60. The summed E-state index contributed by atoms with van der Waals surface area (Å²) in [6, 6.07) is 5.48. The van der Waals surface area contributed by atoms with Gasteiger partial charge in [-0.25, -0.2) is 4.79 Å². The van der Waals surface area contributed by atoms with Crippen LogP contribution in [0.25, 0.3) is 0 Å². The molecule has 4 rings (SSSR count). The number of anilines is 2. The summed E-state index contributed by atoms with van der Waals surface area (Å²) < 4.78 is 5.44. The average Bonchev–Trinajstić information content (AvgIpc) is 3.54. The summed E-state index contributed by atoms with van der Waals surface area (Å²) in [4.78, 5) is 29.1. The van der Waals surface area contributed by atoms with Gasteiger partial charge in [-0.15, -0.1) is 0 Å². The maximum absolute atomic E-state index is 12.5. The lowest BCUT2D eigenvalue weighted by atomic mass is 10.0. The van der Waals surface area contributed by atoms with Gasteiger partial charge in [0.25, 0.3) is 0 Å². The van der Waals surface area contributed by atoms with Gasteiger partial charge >= 0.3 is 6.03 Å². The molecular weight excluding hydrogens is 368 g/mol. The maximum atomic E-state index is 12.5. The molecule has 1 aromatic rings. The second-order valence-electron chi connectivity index (χ2n) is 8.51. The molecule has 7 nitrogen and oxygen atoms in total. The number of carbonyl (C=O) groups is 2. The lowest BCUT2D eigenvalue weighted by Gasteiger charge is -2.32. The average molecular weight is 401 g/mol. The van der Waals surface area contributed by atoms with Crippen molar-refractivity contribution in [3.8, 4) is 5.75 Å². The van der Waals surface area contributed by atoms with Crippen LogP contribution in [-0.4, -0.2) is 56.2 Å². The number of amides is 3. The van der Waals surface area contributed by atoms with E-state index in [0.717, 1.165) is 50.4 Å². The van der Waals surface area contributed by atoms with Crippen molar-refractivity contribution in [3.05, 3.63) is 18.2 Å². The molecule has 2 N–H and O–H groups in total. The fourth-order valence-electron chi connectivity index (χ4n) is 4.32. The van der Waals surface area contributed by atoms with Gasteiger partial charge in [0.2, 0.25) is 5.91 Å². The number of carbonyl (C=O) groups excluding carboxylic acids is 2. The quantitative estimate of drug-likeness (QED) is 0.769. The molecule has 29 heavy (non-hydrogen) atoms. The zero-order valence-electron chi connectivity index (χ0n) is 17.3.